The zero-order chi connectivity index (χ0) is 17.5. The van der Waals surface area contributed by atoms with E-state index in [9.17, 15) is 14.9 Å². The van der Waals surface area contributed by atoms with E-state index in [4.69, 9.17) is 4.74 Å². The molecule has 1 aliphatic heterocycles. The summed E-state index contributed by atoms with van der Waals surface area (Å²) in [5, 5.41) is 11.5. The average Bonchev–Trinajstić information content (AvgIpc) is 3.20. The smallest absolute Gasteiger partial charge is 0.351 e. The van der Waals surface area contributed by atoms with E-state index in [1.807, 2.05) is 30.5 Å². The first-order chi connectivity index (χ1) is 11.6. The lowest BCUT2D eigenvalue weighted by atomic mass is 10.2. The predicted octanol–water partition coefficient (Wildman–Crippen LogP) is 3.11. The fourth-order valence-electron chi connectivity index (χ4n) is 2.31. The Hall–Kier alpha value is -2.04. The van der Waals surface area contributed by atoms with Gasteiger partial charge in [-0.3, -0.25) is 4.79 Å². The van der Waals surface area contributed by atoms with Crippen molar-refractivity contribution in [2.24, 2.45) is 0 Å². The lowest BCUT2D eigenvalue weighted by molar-refractivity contribution is -0.137. The molecule has 5 nitrogen and oxygen atoms in total. The van der Waals surface area contributed by atoms with Crippen LogP contribution >= 0.6 is 23.1 Å². The molecule has 1 aliphatic rings. The van der Waals surface area contributed by atoms with Gasteiger partial charge >= 0.3 is 5.97 Å². The van der Waals surface area contributed by atoms with Gasteiger partial charge in [0.1, 0.15) is 17.7 Å². The maximum Gasteiger partial charge on any atom is 0.351 e. The van der Waals surface area contributed by atoms with Crippen molar-refractivity contribution in [2.75, 3.05) is 13.2 Å². The number of amides is 1. The van der Waals surface area contributed by atoms with E-state index in [-0.39, 0.29) is 23.3 Å². The van der Waals surface area contributed by atoms with Crippen molar-refractivity contribution in [3.8, 4) is 6.07 Å². The van der Waals surface area contributed by atoms with Crippen LogP contribution in [-0.4, -0.2) is 35.2 Å². The van der Waals surface area contributed by atoms with Gasteiger partial charge in [0.25, 0.3) is 0 Å². The number of rotatable bonds is 7. The van der Waals surface area contributed by atoms with E-state index < -0.39 is 5.97 Å². The lowest BCUT2D eigenvalue weighted by Crippen LogP contribution is -2.29. The van der Waals surface area contributed by atoms with Crippen LogP contribution in [0.1, 0.15) is 18.2 Å². The number of thioether (sulfide) groups is 1. The molecule has 1 amide bonds. The topological polar surface area (TPSA) is 70.4 Å². The Morgan fingerprint density at radius 2 is 2.38 bits per heavy atom. The number of nitrogens with zero attached hydrogens (tertiary/aromatic N) is 2. The molecule has 0 bridgehead atoms. The zero-order valence-corrected chi connectivity index (χ0v) is 15.0. The highest BCUT2D eigenvalue weighted by molar-refractivity contribution is 8.04. The van der Waals surface area contributed by atoms with Gasteiger partial charge in [0.2, 0.25) is 5.91 Å². The van der Waals surface area contributed by atoms with E-state index in [2.05, 4.69) is 6.58 Å². The van der Waals surface area contributed by atoms with Crippen molar-refractivity contribution in [3.63, 3.8) is 0 Å². The fraction of sp³-hybridized carbons (Fsp3) is 0.353. The van der Waals surface area contributed by atoms with E-state index in [0.717, 1.165) is 6.42 Å². The highest BCUT2D eigenvalue weighted by Crippen LogP contribution is 2.39. The zero-order valence-electron chi connectivity index (χ0n) is 13.4. The first kappa shape index (κ1) is 18.3. The first-order valence-corrected chi connectivity index (χ1v) is 9.31. The highest BCUT2D eigenvalue weighted by Gasteiger charge is 2.39. The van der Waals surface area contributed by atoms with Gasteiger partial charge in [-0.2, -0.15) is 5.26 Å². The fourth-order valence-corrected chi connectivity index (χ4v) is 4.37. The van der Waals surface area contributed by atoms with E-state index in [1.54, 1.807) is 11.3 Å². The minimum absolute atomic E-state index is 0.0316. The monoisotopic (exact) mass is 362 g/mol. The molecule has 1 fully saturated rings. The normalized spacial score (nSPS) is 19.1. The van der Waals surface area contributed by atoms with Gasteiger partial charge in [0.15, 0.2) is 5.57 Å². The molecule has 24 heavy (non-hydrogen) atoms. The number of ether oxygens (including phenoxy) is 1. The molecule has 1 aromatic heterocycles. The number of carbonyl (C=O) groups excluding carboxylic acids is 2. The summed E-state index contributed by atoms with van der Waals surface area (Å²) in [4.78, 5) is 27.3. The van der Waals surface area contributed by atoms with Gasteiger partial charge in [-0.1, -0.05) is 30.5 Å². The third-order valence-corrected chi connectivity index (χ3v) is 5.76. The summed E-state index contributed by atoms with van der Waals surface area (Å²) in [6.45, 7) is 5.74. The Bertz CT molecular complexity index is 689. The Balaban J connectivity index is 2.17. The van der Waals surface area contributed by atoms with Crippen LogP contribution in [0.2, 0.25) is 0 Å². The number of nitriles is 1. The van der Waals surface area contributed by atoms with Gasteiger partial charge in [0, 0.05) is 11.4 Å². The molecule has 1 atom stereocenters. The van der Waals surface area contributed by atoms with Crippen LogP contribution in [-0.2, 0) is 20.7 Å². The maximum atomic E-state index is 12.6. The molecular formula is C17H18N2O3S2. The summed E-state index contributed by atoms with van der Waals surface area (Å²) in [6.07, 6.45) is 2.91. The molecule has 0 aliphatic carbocycles. The van der Waals surface area contributed by atoms with E-state index >= 15 is 0 Å². The summed E-state index contributed by atoms with van der Waals surface area (Å²) in [6, 6.07) is 5.91. The quantitative estimate of drug-likeness (QED) is 0.323. The molecule has 2 rings (SSSR count). The molecule has 1 aromatic rings. The molecule has 2 heterocycles. The van der Waals surface area contributed by atoms with Crippen molar-refractivity contribution < 1.29 is 14.3 Å². The van der Waals surface area contributed by atoms with Gasteiger partial charge in [-0.05, 0) is 31.2 Å². The molecule has 126 valence electrons. The minimum Gasteiger partial charge on any atom is -0.457 e. The molecule has 7 heteroatoms. The summed E-state index contributed by atoms with van der Waals surface area (Å²) < 4.78 is 4.95. The van der Waals surface area contributed by atoms with Crippen molar-refractivity contribution in [1.82, 2.24) is 4.90 Å². The van der Waals surface area contributed by atoms with Crippen LogP contribution in [0.4, 0.5) is 0 Å². The van der Waals surface area contributed by atoms with E-state index in [0.29, 0.717) is 18.0 Å². The van der Waals surface area contributed by atoms with Crippen LogP contribution in [0.3, 0.4) is 0 Å². The lowest BCUT2D eigenvalue weighted by Gasteiger charge is -2.15. The van der Waals surface area contributed by atoms with Gasteiger partial charge in [0.05, 0.1) is 5.25 Å². The Morgan fingerprint density at radius 1 is 1.58 bits per heavy atom. The van der Waals surface area contributed by atoms with Crippen molar-refractivity contribution in [2.45, 2.75) is 25.0 Å². The molecule has 0 saturated carbocycles. The SMILES string of the molecule is C=CCOC(=O)C(C#N)=C1SC(CCc2cccs2)C(=O)N1CC. The second-order valence-corrected chi connectivity index (χ2v) is 7.21. The third kappa shape index (κ3) is 4.08. The summed E-state index contributed by atoms with van der Waals surface area (Å²) in [5.74, 6) is -0.775. The van der Waals surface area contributed by atoms with Gasteiger partial charge in [-0.25, -0.2) is 4.79 Å². The largest absolute Gasteiger partial charge is 0.457 e. The van der Waals surface area contributed by atoms with Crippen LogP contribution in [0.25, 0.3) is 0 Å². The summed E-state index contributed by atoms with van der Waals surface area (Å²) in [5.41, 5.74) is -0.115. The van der Waals surface area contributed by atoms with Crippen LogP contribution in [0, 0.1) is 11.3 Å². The second-order valence-electron chi connectivity index (χ2n) is 4.99. The van der Waals surface area contributed by atoms with Crippen molar-refractivity contribution in [3.05, 3.63) is 45.6 Å². The van der Waals surface area contributed by atoms with Crippen LogP contribution < -0.4 is 0 Å². The number of thiophene rings is 1. The van der Waals surface area contributed by atoms with Crippen molar-refractivity contribution >= 4 is 35.0 Å². The van der Waals surface area contributed by atoms with Crippen LogP contribution in [0.15, 0.2) is 40.8 Å². The molecule has 0 spiro atoms. The number of carbonyl (C=O) groups is 2. The Morgan fingerprint density at radius 3 is 2.96 bits per heavy atom. The maximum absolute atomic E-state index is 12.6. The summed E-state index contributed by atoms with van der Waals surface area (Å²) >= 11 is 2.94. The van der Waals surface area contributed by atoms with Crippen LogP contribution in [0.5, 0.6) is 0 Å². The Labute approximate surface area is 149 Å². The number of hydrogen-bond donors (Lipinski definition) is 0. The average molecular weight is 362 g/mol. The highest BCUT2D eigenvalue weighted by atomic mass is 32.2. The first-order valence-electron chi connectivity index (χ1n) is 7.55. The predicted molar refractivity (Wildman–Crippen MR) is 95.2 cm³/mol. The molecule has 1 saturated heterocycles. The third-order valence-electron chi connectivity index (χ3n) is 3.45. The van der Waals surface area contributed by atoms with Gasteiger partial charge in [-0.15, -0.1) is 11.3 Å². The molecule has 1 unspecified atom stereocenters. The standard InChI is InChI=1S/C17H18N2O3S2/c1-3-9-22-17(21)13(11-18)16-19(4-2)15(20)14(24-16)8-7-12-6-5-10-23-12/h3,5-6,10,14H,1,4,7-9H2,2H3. The number of esters is 1. The van der Waals surface area contributed by atoms with Gasteiger partial charge < -0.3 is 9.64 Å². The number of aryl methyl sites for hydroxylation is 1. The van der Waals surface area contributed by atoms with Crippen molar-refractivity contribution in [1.29, 1.82) is 5.26 Å². The molecule has 0 aromatic carbocycles. The summed E-state index contributed by atoms with van der Waals surface area (Å²) in [7, 11) is 0. The number of hydrogen-bond acceptors (Lipinski definition) is 6. The Kier molecular flexibility index (Phi) is 6.64. The molecule has 0 radical (unpaired) electrons. The van der Waals surface area contributed by atoms with E-state index in [1.165, 1.54) is 27.6 Å². The second kappa shape index (κ2) is 8.71. The minimum atomic E-state index is -0.718. The molecular weight excluding hydrogens is 344 g/mol. The molecule has 0 N–H and O–H groups in total.